The van der Waals surface area contributed by atoms with Crippen molar-refractivity contribution in [1.82, 2.24) is 4.90 Å². The largest absolute Gasteiger partial charge is 0.369 e. The quantitative estimate of drug-likeness (QED) is 0.786. The molecular weight excluding hydrogens is 299 g/mol. The first-order valence-corrected chi connectivity index (χ1v) is 7.04. The lowest BCUT2D eigenvalue weighted by molar-refractivity contribution is -0.119. The van der Waals surface area contributed by atoms with Gasteiger partial charge in [-0.15, -0.1) is 0 Å². The Morgan fingerprint density at radius 2 is 1.85 bits per heavy atom. The topological polar surface area (TPSA) is 63.4 Å². The standard InChI is InChI=1S/C14H18Cl2N2O2/c1-9(2)6-18(8-14(17)20)7-13(19)10-3-4-11(15)12(16)5-10/h3-5,9H,6-8H2,1-2H3,(H2,17,20). The third-order valence-electron chi connectivity index (χ3n) is 2.61. The second kappa shape index (κ2) is 7.62. The Labute approximate surface area is 128 Å². The van der Waals surface area contributed by atoms with Crippen molar-refractivity contribution in [2.24, 2.45) is 11.7 Å². The molecule has 1 aromatic rings. The van der Waals surface area contributed by atoms with E-state index in [1.807, 2.05) is 13.8 Å². The van der Waals surface area contributed by atoms with Crippen LogP contribution in [-0.4, -0.2) is 36.2 Å². The molecule has 6 heteroatoms. The Balaban J connectivity index is 2.78. The predicted octanol–water partition coefficient (Wildman–Crippen LogP) is 2.62. The average molecular weight is 317 g/mol. The molecule has 0 aliphatic carbocycles. The maximum atomic E-state index is 12.2. The van der Waals surface area contributed by atoms with Crippen LogP contribution in [0.1, 0.15) is 24.2 Å². The van der Waals surface area contributed by atoms with Crippen LogP contribution in [0.2, 0.25) is 10.0 Å². The molecule has 20 heavy (non-hydrogen) atoms. The number of amides is 1. The van der Waals surface area contributed by atoms with Crippen LogP contribution in [0.5, 0.6) is 0 Å². The molecule has 0 bridgehead atoms. The van der Waals surface area contributed by atoms with E-state index in [0.717, 1.165) is 0 Å². The molecule has 2 N–H and O–H groups in total. The molecule has 0 unspecified atom stereocenters. The van der Waals surface area contributed by atoms with Crippen LogP contribution >= 0.6 is 23.2 Å². The molecule has 0 spiro atoms. The van der Waals surface area contributed by atoms with Gasteiger partial charge in [-0.2, -0.15) is 0 Å². The highest BCUT2D eigenvalue weighted by Gasteiger charge is 2.16. The van der Waals surface area contributed by atoms with Crippen molar-refractivity contribution in [1.29, 1.82) is 0 Å². The summed E-state index contributed by atoms with van der Waals surface area (Å²) in [6, 6.07) is 4.73. The smallest absolute Gasteiger partial charge is 0.231 e. The first-order valence-electron chi connectivity index (χ1n) is 6.28. The van der Waals surface area contributed by atoms with E-state index in [1.54, 1.807) is 17.0 Å². The number of primary amides is 1. The zero-order valence-electron chi connectivity index (χ0n) is 11.5. The fraction of sp³-hybridized carbons (Fsp3) is 0.429. The molecule has 0 aliphatic rings. The van der Waals surface area contributed by atoms with E-state index in [0.29, 0.717) is 28.1 Å². The zero-order chi connectivity index (χ0) is 15.3. The normalized spacial score (nSPS) is 11.1. The summed E-state index contributed by atoms with van der Waals surface area (Å²) < 4.78 is 0. The van der Waals surface area contributed by atoms with Crippen molar-refractivity contribution in [2.45, 2.75) is 13.8 Å². The maximum Gasteiger partial charge on any atom is 0.231 e. The van der Waals surface area contributed by atoms with Crippen molar-refractivity contribution in [3.05, 3.63) is 33.8 Å². The van der Waals surface area contributed by atoms with Crippen LogP contribution in [0.3, 0.4) is 0 Å². The van der Waals surface area contributed by atoms with Gasteiger partial charge in [0.2, 0.25) is 5.91 Å². The van der Waals surface area contributed by atoms with Crippen molar-refractivity contribution in [3.63, 3.8) is 0 Å². The summed E-state index contributed by atoms with van der Waals surface area (Å²) in [5.41, 5.74) is 5.67. The van der Waals surface area contributed by atoms with E-state index < -0.39 is 5.91 Å². The molecule has 0 saturated heterocycles. The summed E-state index contributed by atoms with van der Waals surface area (Å²) in [4.78, 5) is 25.0. The van der Waals surface area contributed by atoms with Crippen molar-refractivity contribution in [3.8, 4) is 0 Å². The van der Waals surface area contributed by atoms with E-state index in [-0.39, 0.29) is 18.9 Å². The Morgan fingerprint density at radius 1 is 1.20 bits per heavy atom. The summed E-state index contributed by atoms with van der Waals surface area (Å²) in [6.45, 7) is 4.83. The molecule has 1 aromatic carbocycles. The Hall–Kier alpha value is -1.10. The van der Waals surface area contributed by atoms with E-state index in [1.165, 1.54) is 6.07 Å². The van der Waals surface area contributed by atoms with Gasteiger partial charge in [-0.1, -0.05) is 37.0 Å². The number of benzene rings is 1. The molecular formula is C14H18Cl2N2O2. The minimum Gasteiger partial charge on any atom is -0.369 e. The number of carbonyl (C=O) groups excluding carboxylic acids is 2. The van der Waals surface area contributed by atoms with Gasteiger partial charge in [0.05, 0.1) is 23.1 Å². The molecule has 1 rings (SSSR count). The molecule has 0 heterocycles. The zero-order valence-corrected chi connectivity index (χ0v) is 13.0. The highest BCUT2D eigenvalue weighted by atomic mass is 35.5. The van der Waals surface area contributed by atoms with Crippen LogP contribution < -0.4 is 5.73 Å². The van der Waals surface area contributed by atoms with E-state index in [9.17, 15) is 9.59 Å². The lowest BCUT2D eigenvalue weighted by Gasteiger charge is -2.22. The van der Waals surface area contributed by atoms with E-state index >= 15 is 0 Å². The minimum atomic E-state index is -0.451. The predicted molar refractivity (Wildman–Crippen MR) is 81.3 cm³/mol. The van der Waals surface area contributed by atoms with Crippen molar-refractivity contribution in [2.75, 3.05) is 19.6 Å². The second-order valence-corrected chi connectivity index (χ2v) is 5.90. The number of halogens is 2. The Morgan fingerprint density at radius 3 is 2.35 bits per heavy atom. The van der Waals surface area contributed by atoms with Crippen LogP contribution in [0.25, 0.3) is 0 Å². The third kappa shape index (κ3) is 5.49. The van der Waals surface area contributed by atoms with Gasteiger partial charge in [0.25, 0.3) is 0 Å². The Bertz CT molecular complexity index is 504. The van der Waals surface area contributed by atoms with E-state index in [4.69, 9.17) is 28.9 Å². The van der Waals surface area contributed by atoms with Gasteiger partial charge in [0.1, 0.15) is 0 Å². The molecule has 0 aromatic heterocycles. The minimum absolute atomic E-state index is 0.0608. The molecule has 110 valence electrons. The summed E-state index contributed by atoms with van der Waals surface area (Å²) in [6.07, 6.45) is 0. The van der Waals surface area contributed by atoms with Gasteiger partial charge in [-0.05, 0) is 24.1 Å². The van der Waals surface area contributed by atoms with Gasteiger partial charge in [-0.25, -0.2) is 0 Å². The van der Waals surface area contributed by atoms with Gasteiger partial charge in [-0.3, -0.25) is 14.5 Å². The Kier molecular flexibility index (Phi) is 6.46. The lowest BCUT2D eigenvalue weighted by atomic mass is 10.1. The van der Waals surface area contributed by atoms with Crippen LogP contribution in [0.4, 0.5) is 0 Å². The maximum absolute atomic E-state index is 12.2. The number of hydrogen-bond donors (Lipinski definition) is 1. The van der Waals surface area contributed by atoms with Crippen molar-refractivity contribution >= 4 is 34.9 Å². The average Bonchev–Trinajstić information content (AvgIpc) is 2.30. The number of hydrogen-bond acceptors (Lipinski definition) is 3. The monoisotopic (exact) mass is 316 g/mol. The van der Waals surface area contributed by atoms with Crippen molar-refractivity contribution < 1.29 is 9.59 Å². The first kappa shape index (κ1) is 17.0. The third-order valence-corrected chi connectivity index (χ3v) is 3.35. The van der Waals surface area contributed by atoms with Crippen LogP contribution in [0.15, 0.2) is 18.2 Å². The molecule has 4 nitrogen and oxygen atoms in total. The van der Waals surface area contributed by atoms with Gasteiger partial charge in [0.15, 0.2) is 5.78 Å². The second-order valence-electron chi connectivity index (χ2n) is 5.08. The number of Topliss-reactive ketones (excluding diaryl/α,β-unsaturated/α-hetero) is 1. The SMILES string of the molecule is CC(C)CN(CC(N)=O)CC(=O)c1ccc(Cl)c(Cl)c1. The van der Waals surface area contributed by atoms with Gasteiger partial charge >= 0.3 is 0 Å². The van der Waals surface area contributed by atoms with E-state index in [2.05, 4.69) is 0 Å². The molecule has 0 aliphatic heterocycles. The fourth-order valence-electron chi connectivity index (χ4n) is 1.89. The van der Waals surface area contributed by atoms with Crippen LogP contribution in [0, 0.1) is 5.92 Å². The van der Waals surface area contributed by atoms with Crippen LogP contribution in [-0.2, 0) is 4.79 Å². The molecule has 0 fully saturated rings. The summed E-state index contributed by atoms with van der Waals surface area (Å²) in [5.74, 6) is -0.242. The van der Waals surface area contributed by atoms with Gasteiger partial charge in [0, 0.05) is 12.1 Å². The molecule has 0 atom stereocenters. The number of ketones is 1. The number of carbonyl (C=O) groups is 2. The first-order chi connectivity index (χ1) is 9.29. The number of rotatable bonds is 7. The molecule has 0 saturated carbocycles. The van der Waals surface area contributed by atoms with Gasteiger partial charge < -0.3 is 5.73 Å². The highest BCUT2D eigenvalue weighted by Crippen LogP contribution is 2.22. The number of nitrogens with zero attached hydrogens (tertiary/aromatic N) is 1. The fourth-order valence-corrected chi connectivity index (χ4v) is 2.18. The molecule has 1 amide bonds. The summed E-state index contributed by atoms with van der Waals surface area (Å²) >= 11 is 11.7. The summed E-state index contributed by atoms with van der Waals surface area (Å²) in [5, 5.41) is 0.738. The summed E-state index contributed by atoms with van der Waals surface area (Å²) in [7, 11) is 0. The molecule has 0 radical (unpaired) electrons. The highest BCUT2D eigenvalue weighted by molar-refractivity contribution is 6.42. The lowest BCUT2D eigenvalue weighted by Crippen LogP contribution is -2.39. The number of nitrogens with two attached hydrogens (primary N) is 1.